The quantitative estimate of drug-likeness (QED) is 0.504. The van der Waals surface area contributed by atoms with Crippen molar-refractivity contribution in [2.24, 2.45) is 5.92 Å². The van der Waals surface area contributed by atoms with E-state index in [1.54, 1.807) is 0 Å². The van der Waals surface area contributed by atoms with Gasteiger partial charge in [0.1, 0.15) is 0 Å². The fraction of sp³-hybridized carbons (Fsp3) is 0.647. The Hall–Kier alpha value is 0.160. The second kappa shape index (κ2) is 5.66. The number of hydrogen-bond acceptors (Lipinski definition) is 2. The van der Waals surface area contributed by atoms with E-state index in [2.05, 4.69) is 43.4 Å². The lowest BCUT2D eigenvalue weighted by Crippen LogP contribution is -2.44. The molecule has 4 unspecified atom stereocenters. The molecular formula is C17H22ClIO2. The minimum atomic E-state index is -0.155. The summed E-state index contributed by atoms with van der Waals surface area (Å²) in [6.45, 7) is 7.28. The number of ether oxygens (including phenoxy) is 2. The molecule has 0 aromatic heterocycles. The zero-order chi connectivity index (χ0) is 15.3. The third kappa shape index (κ3) is 2.64. The molecule has 4 atom stereocenters. The summed E-state index contributed by atoms with van der Waals surface area (Å²) in [5.74, 6) is 0.509. The molecule has 2 fully saturated rings. The van der Waals surface area contributed by atoms with Crippen molar-refractivity contribution in [2.75, 3.05) is 0 Å². The topological polar surface area (TPSA) is 18.5 Å². The van der Waals surface area contributed by atoms with E-state index >= 15 is 0 Å². The van der Waals surface area contributed by atoms with Gasteiger partial charge >= 0.3 is 0 Å². The fourth-order valence-corrected chi connectivity index (χ4v) is 5.86. The van der Waals surface area contributed by atoms with Crippen LogP contribution in [0.1, 0.15) is 39.2 Å². The van der Waals surface area contributed by atoms with Gasteiger partial charge in [0.05, 0.1) is 23.9 Å². The van der Waals surface area contributed by atoms with Crippen LogP contribution in [-0.2, 0) is 16.1 Å². The van der Waals surface area contributed by atoms with Crippen molar-refractivity contribution < 1.29 is 9.47 Å². The predicted molar refractivity (Wildman–Crippen MR) is 94.1 cm³/mol. The lowest BCUT2D eigenvalue weighted by atomic mass is 9.75. The highest BCUT2D eigenvalue weighted by molar-refractivity contribution is 14.1. The minimum Gasteiger partial charge on any atom is -0.370 e. The molecule has 2 heterocycles. The van der Waals surface area contributed by atoms with Crippen molar-refractivity contribution in [1.29, 1.82) is 0 Å². The molecule has 3 rings (SSSR count). The second-order valence-electron chi connectivity index (χ2n) is 6.79. The molecule has 1 aromatic rings. The van der Waals surface area contributed by atoms with Crippen LogP contribution in [0.2, 0.25) is 5.02 Å². The summed E-state index contributed by atoms with van der Waals surface area (Å²) in [7, 11) is 0. The number of fused-ring (bicyclic) bond motifs is 2. The molecule has 2 nitrogen and oxygen atoms in total. The first-order valence-corrected chi connectivity index (χ1v) is 9.19. The van der Waals surface area contributed by atoms with Crippen molar-refractivity contribution in [3.63, 3.8) is 0 Å². The predicted octanol–water partition coefficient (Wildman–Crippen LogP) is 5.01. The largest absolute Gasteiger partial charge is 0.370 e. The van der Waals surface area contributed by atoms with Crippen LogP contribution in [0, 0.1) is 5.92 Å². The Morgan fingerprint density at radius 2 is 2.10 bits per heavy atom. The number of alkyl halides is 1. The van der Waals surface area contributed by atoms with Crippen molar-refractivity contribution in [3.05, 3.63) is 34.9 Å². The van der Waals surface area contributed by atoms with E-state index in [4.69, 9.17) is 21.1 Å². The third-order valence-electron chi connectivity index (χ3n) is 5.10. The second-order valence-corrected chi connectivity index (χ2v) is 8.70. The van der Waals surface area contributed by atoms with Gasteiger partial charge in [0.25, 0.3) is 0 Å². The lowest BCUT2D eigenvalue weighted by Gasteiger charge is -2.35. The molecule has 21 heavy (non-hydrogen) atoms. The van der Waals surface area contributed by atoms with Crippen molar-refractivity contribution >= 4 is 34.2 Å². The molecule has 2 saturated heterocycles. The van der Waals surface area contributed by atoms with E-state index < -0.39 is 0 Å². The van der Waals surface area contributed by atoms with Gasteiger partial charge in [-0.05, 0) is 30.9 Å². The molecule has 0 aliphatic carbocycles. The number of rotatable bonds is 4. The normalized spacial score (nSPS) is 38.4. The van der Waals surface area contributed by atoms with Crippen LogP contribution >= 0.6 is 34.2 Å². The summed E-state index contributed by atoms with van der Waals surface area (Å²) in [6, 6.07) is 7.89. The summed E-state index contributed by atoms with van der Waals surface area (Å²) in [6.07, 6.45) is 2.21. The van der Waals surface area contributed by atoms with Gasteiger partial charge in [0.2, 0.25) is 0 Å². The molecule has 0 spiro atoms. The van der Waals surface area contributed by atoms with Gasteiger partial charge in [-0.2, -0.15) is 0 Å². The molecule has 0 N–H and O–H groups in total. The first-order valence-electron chi connectivity index (χ1n) is 7.57. The van der Waals surface area contributed by atoms with E-state index in [9.17, 15) is 0 Å². The van der Waals surface area contributed by atoms with Gasteiger partial charge in [-0.15, -0.1) is 0 Å². The molecule has 2 aliphatic rings. The fourth-order valence-electron chi connectivity index (χ4n) is 3.70. The van der Waals surface area contributed by atoms with Gasteiger partial charge in [-0.1, -0.05) is 66.2 Å². The monoisotopic (exact) mass is 420 g/mol. The summed E-state index contributed by atoms with van der Waals surface area (Å²) < 4.78 is 13.3. The van der Waals surface area contributed by atoms with Crippen LogP contribution < -0.4 is 0 Å². The maximum atomic E-state index is 6.49. The van der Waals surface area contributed by atoms with Gasteiger partial charge in [-0.25, -0.2) is 0 Å². The molecule has 4 heteroatoms. The van der Waals surface area contributed by atoms with Gasteiger partial charge in [0.15, 0.2) is 0 Å². The summed E-state index contributed by atoms with van der Waals surface area (Å²) in [5.41, 5.74) is 0.868. The number of hydrogen-bond donors (Lipinski definition) is 0. The highest BCUT2D eigenvalue weighted by Crippen LogP contribution is 2.57. The first-order chi connectivity index (χ1) is 9.87. The summed E-state index contributed by atoms with van der Waals surface area (Å²) in [5, 5.41) is 0.775. The number of halogens is 2. The van der Waals surface area contributed by atoms with Crippen LogP contribution in [0.3, 0.4) is 0 Å². The van der Waals surface area contributed by atoms with Crippen LogP contribution in [-0.4, -0.2) is 21.2 Å². The Labute approximate surface area is 145 Å². The average molecular weight is 421 g/mol. The minimum absolute atomic E-state index is 0.0273. The highest BCUT2D eigenvalue weighted by Gasteiger charge is 2.65. The molecule has 2 bridgehead atoms. The van der Waals surface area contributed by atoms with Gasteiger partial charge in [0, 0.05) is 15.4 Å². The van der Waals surface area contributed by atoms with E-state index in [1.165, 1.54) is 0 Å². The Morgan fingerprint density at radius 1 is 1.38 bits per heavy atom. The van der Waals surface area contributed by atoms with Gasteiger partial charge < -0.3 is 9.47 Å². The van der Waals surface area contributed by atoms with Gasteiger partial charge in [-0.3, -0.25) is 0 Å². The smallest absolute Gasteiger partial charge is 0.0935 e. The Morgan fingerprint density at radius 3 is 2.71 bits per heavy atom. The van der Waals surface area contributed by atoms with E-state index in [0.717, 1.165) is 23.4 Å². The average Bonchev–Trinajstić information content (AvgIpc) is 2.86. The highest BCUT2D eigenvalue weighted by atomic mass is 127. The summed E-state index contributed by atoms with van der Waals surface area (Å²) in [4.78, 5) is 0. The molecule has 0 amide bonds. The SMILES string of the molecule is CC(C)C12CC(OCc3ccccc3Cl)C(C)(CC1I)O2. The van der Waals surface area contributed by atoms with Crippen LogP contribution in [0.15, 0.2) is 24.3 Å². The Bertz CT molecular complexity index is 535. The standard InChI is InChI=1S/C17H22ClIO2/c1-11(2)17-9-15(16(3,21-17)8-14(17)19)20-10-12-6-4-5-7-13(12)18/h4-7,11,14-15H,8-10H2,1-3H3. The van der Waals surface area contributed by atoms with Crippen molar-refractivity contribution in [1.82, 2.24) is 0 Å². The Balaban J connectivity index is 1.73. The maximum Gasteiger partial charge on any atom is 0.0935 e. The zero-order valence-corrected chi connectivity index (χ0v) is 15.6. The summed E-state index contributed by atoms with van der Waals surface area (Å²) >= 11 is 8.77. The molecule has 2 aliphatic heterocycles. The lowest BCUT2D eigenvalue weighted by molar-refractivity contribution is -0.0954. The molecule has 1 aromatic carbocycles. The molecule has 0 saturated carbocycles. The van der Waals surface area contributed by atoms with E-state index in [1.807, 2.05) is 24.3 Å². The van der Waals surface area contributed by atoms with E-state index in [-0.39, 0.29) is 17.3 Å². The zero-order valence-electron chi connectivity index (χ0n) is 12.7. The number of benzene rings is 1. The van der Waals surface area contributed by atoms with Crippen LogP contribution in [0.4, 0.5) is 0 Å². The van der Waals surface area contributed by atoms with Crippen LogP contribution in [0.25, 0.3) is 0 Å². The molecular weight excluding hydrogens is 399 g/mol. The van der Waals surface area contributed by atoms with Crippen LogP contribution in [0.5, 0.6) is 0 Å². The maximum absolute atomic E-state index is 6.49. The molecule has 116 valence electrons. The Kier molecular flexibility index (Phi) is 4.32. The van der Waals surface area contributed by atoms with Crippen molar-refractivity contribution in [2.45, 2.75) is 61.5 Å². The molecule has 0 radical (unpaired) electrons. The van der Waals surface area contributed by atoms with E-state index in [0.29, 0.717) is 16.4 Å². The first kappa shape index (κ1) is 16.0. The van der Waals surface area contributed by atoms with Crippen molar-refractivity contribution in [3.8, 4) is 0 Å². The third-order valence-corrected chi connectivity index (χ3v) is 6.96.